The van der Waals surface area contributed by atoms with Crippen molar-refractivity contribution < 1.29 is 23.2 Å². The second-order valence-corrected chi connectivity index (χ2v) is 8.64. The number of aldehydes is 1. The van der Waals surface area contributed by atoms with Gasteiger partial charge in [0.25, 0.3) is 0 Å². The van der Waals surface area contributed by atoms with Crippen molar-refractivity contribution in [2.24, 2.45) is 5.92 Å². The third-order valence-corrected chi connectivity index (χ3v) is 6.61. The average Bonchev–Trinajstić information content (AvgIpc) is 2.76. The molecule has 3 unspecified atom stereocenters. The molecule has 0 spiro atoms. The number of benzene rings is 1. The number of carbonyl (C=O) groups is 3. The summed E-state index contributed by atoms with van der Waals surface area (Å²) in [5.74, 6) is -1.12. The van der Waals surface area contributed by atoms with Gasteiger partial charge in [-0.2, -0.15) is 0 Å². The topological polar surface area (TPSA) is 81.8 Å². The number of amides is 2. The number of piperidine rings is 3. The van der Waals surface area contributed by atoms with Crippen molar-refractivity contribution in [3.05, 3.63) is 24.0 Å². The average molecular weight is 434 g/mol. The molecular formula is C22H28F2N4O3. The van der Waals surface area contributed by atoms with Crippen LogP contribution in [0.3, 0.4) is 0 Å². The molecule has 7 nitrogen and oxygen atoms in total. The molecule has 3 aliphatic rings. The van der Waals surface area contributed by atoms with Gasteiger partial charge in [-0.25, -0.2) is 8.78 Å². The highest BCUT2D eigenvalue weighted by molar-refractivity contribution is 6.01. The summed E-state index contributed by atoms with van der Waals surface area (Å²) < 4.78 is 29.8. The maximum absolute atomic E-state index is 15.0. The van der Waals surface area contributed by atoms with E-state index in [1.165, 1.54) is 6.07 Å². The largest absolute Gasteiger partial charge is 0.374 e. The molecule has 3 aliphatic heterocycles. The molecule has 3 heterocycles. The molecule has 168 valence electrons. The zero-order valence-electron chi connectivity index (χ0n) is 17.4. The molecule has 0 bridgehead atoms. The van der Waals surface area contributed by atoms with Crippen molar-refractivity contribution in [2.45, 2.75) is 50.4 Å². The molecule has 0 saturated carbocycles. The lowest BCUT2D eigenvalue weighted by atomic mass is 9.93. The Morgan fingerprint density at radius 3 is 2.52 bits per heavy atom. The van der Waals surface area contributed by atoms with Gasteiger partial charge in [0.1, 0.15) is 24.3 Å². The van der Waals surface area contributed by atoms with Gasteiger partial charge in [0, 0.05) is 30.6 Å². The number of nitrogens with one attached hydrogen (secondary N) is 2. The monoisotopic (exact) mass is 434 g/mol. The number of hydrogen-bond donors (Lipinski definition) is 2. The molecule has 2 amide bonds. The van der Waals surface area contributed by atoms with E-state index in [0.717, 1.165) is 32.2 Å². The maximum atomic E-state index is 15.0. The Bertz CT molecular complexity index is 844. The lowest BCUT2D eigenvalue weighted by molar-refractivity contribution is -0.133. The lowest BCUT2D eigenvalue weighted by Gasteiger charge is -2.43. The number of likely N-dealkylation sites (tertiary alicyclic amines) is 1. The van der Waals surface area contributed by atoms with Crippen molar-refractivity contribution in [2.75, 3.05) is 36.4 Å². The summed E-state index contributed by atoms with van der Waals surface area (Å²) >= 11 is 0. The smallest absolute Gasteiger partial charge is 0.249 e. The van der Waals surface area contributed by atoms with E-state index in [1.54, 1.807) is 17.0 Å². The molecule has 0 aromatic heterocycles. The number of carbonyl (C=O) groups excluding carboxylic acids is 3. The minimum atomic E-state index is -1.10. The number of halogens is 2. The van der Waals surface area contributed by atoms with Crippen LogP contribution in [0.2, 0.25) is 0 Å². The van der Waals surface area contributed by atoms with Gasteiger partial charge in [-0.1, -0.05) is 0 Å². The van der Waals surface area contributed by atoms with E-state index in [2.05, 4.69) is 15.5 Å². The predicted molar refractivity (Wildman–Crippen MR) is 112 cm³/mol. The number of nitrogens with zero attached hydrogens (tertiary/aromatic N) is 2. The molecule has 0 aliphatic carbocycles. The minimum absolute atomic E-state index is 0.0794. The highest BCUT2D eigenvalue weighted by Crippen LogP contribution is 2.30. The first-order valence-corrected chi connectivity index (χ1v) is 10.9. The molecule has 1 aromatic rings. The highest BCUT2D eigenvalue weighted by atomic mass is 19.1. The van der Waals surface area contributed by atoms with Crippen LogP contribution in [0.5, 0.6) is 0 Å². The second kappa shape index (κ2) is 9.30. The third kappa shape index (κ3) is 4.87. The van der Waals surface area contributed by atoms with Gasteiger partial charge in [0.15, 0.2) is 0 Å². The van der Waals surface area contributed by atoms with Crippen LogP contribution in [-0.4, -0.2) is 67.4 Å². The predicted octanol–water partition coefficient (Wildman–Crippen LogP) is 1.87. The fourth-order valence-electron chi connectivity index (χ4n) is 4.80. The number of imide groups is 1. The Balaban J connectivity index is 1.35. The normalized spacial score (nSPS) is 28.3. The fraction of sp³-hybridized carbons (Fsp3) is 0.591. The summed E-state index contributed by atoms with van der Waals surface area (Å²) in [6, 6.07) is 3.80. The van der Waals surface area contributed by atoms with E-state index in [0.29, 0.717) is 30.8 Å². The number of anilines is 2. The van der Waals surface area contributed by atoms with Crippen molar-refractivity contribution in [1.82, 2.24) is 10.2 Å². The number of rotatable bonds is 5. The molecule has 2 N–H and O–H groups in total. The van der Waals surface area contributed by atoms with Gasteiger partial charge < -0.3 is 15.0 Å². The molecule has 1 aromatic carbocycles. The van der Waals surface area contributed by atoms with E-state index in [9.17, 15) is 23.2 Å². The zero-order valence-corrected chi connectivity index (χ0v) is 17.4. The van der Waals surface area contributed by atoms with Gasteiger partial charge in [-0.15, -0.1) is 0 Å². The van der Waals surface area contributed by atoms with Crippen molar-refractivity contribution in [3.8, 4) is 0 Å². The Kier molecular flexibility index (Phi) is 6.50. The Labute approximate surface area is 180 Å². The quantitative estimate of drug-likeness (QED) is 0.544. The van der Waals surface area contributed by atoms with E-state index < -0.39 is 23.9 Å². The van der Waals surface area contributed by atoms with Crippen molar-refractivity contribution in [3.63, 3.8) is 0 Å². The van der Waals surface area contributed by atoms with Crippen LogP contribution in [0.25, 0.3) is 0 Å². The van der Waals surface area contributed by atoms with Crippen LogP contribution in [0.4, 0.5) is 20.2 Å². The van der Waals surface area contributed by atoms with E-state index in [-0.39, 0.29) is 30.8 Å². The first-order chi connectivity index (χ1) is 14.9. The number of alkyl halides is 1. The Morgan fingerprint density at radius 1 is 1.10 bits per heavy atom. The minimum Gasteiger partial charge on any atom is -0.374 e. The van der Waals surface area contributed by atoms with E-state index in [1.807, 2.05) is 0 Å². The van der Waals surface area contributed by atoms with Crippen LogP contribution in [0.1, 0.15) is 32.1 Å². The van der Waals surface area contributed by atoms with Gasteiger partial charge in [0.2, 0.25) is 11.8 Å². The fourth-order valence-corrected chi connectivity index (χ4v) is 4.80. The van der Waals surface area contributed by atoms with Crippen LogP contribution in [0, 0.1) is 11.7 Å². The van der Waals surface area contributed by atoms with Crippen LogP contribution >= 0.6 is 0 Å². The van der Waals surface area contributed by atoms with E-state index in [4.69, 9.17) is 0 Å². The SMILES string of the molecule is O=CC1CCN(C2CCN(c3ccc(NC4CCC(=O)NC4=O)cc3F)CC2F)CC1. The van der Waals surface area contributed by atoms with Crippen LogP contribution < -0.4 is 15.5 Å². The summed E-state index contributed by atoms with van der Waals surface area (Å²) in [6.45, 7) is 2.12. The zero-order chi connectivity index (χ0) is 22.0. The Morgan fingerprint density at radius 2 is 1.87 bits per heavy atom. The second-order valence-electron chi connectivity index (χ2n) is 8.64. The summed E-state index contributed by atoms with van der Waals surface area (Å²) in [4.78, 5) is 37.9. The van der Waals surface area contributed by atoms with Gasteiger partial charge in [0.05, 0.1) is 12.2 Å². The van der Waals surface area contributed by atoms with Crippen molar-refractivity contribution in [1.29, 1.82) is 0 Å². The molecule has 4 rings (SSSR count). The summed E-state index contributed by atoms with van der Waals surface area (Å²) in [5, 5.41) is 5.22. The molecule has 3 saturated heterocycles. The van der Waals surface area contributed by atoms with Gasteiger partial charge >= 0.3 is 0 Å². The first-order valence-electron chi connectivity index (χ1n) is 10.9. The highest BCUT2D eigenvalue weighted by Gasteiger charge is 2.36. The van der Waals surface area contributed by atoms with Crippen LogP contribution in [-0.2, 0) is 14.4 Å². The lowest BCUT2D eigenvalue weighted by Crippen LogP contribution is -2.54. The Hall–Kier alpha value is -2.55. The maximum Gasteiger partial charge on any atom is 0.249 e. The molecule has 3 atom stereocenters. The van der Waals surface area contributed by atoms with Crippen molar-refractivity contribution >= 4 is 29.5 Å². The third-order valence-electron chi connectivity index (χ3n) is 6.61. The first kappa shape index (κ1) is 21.7. The van der Waals surface area contributed by atoms with E-state index >= 15 is 0 Å². The van der Waals surface area contributed by atoms with Crippen LogP contribution in [0.15, 0.2) is 18.2 Å². The molecule has 31 heavy (non-hydrogen) atoms. The number of hydrogen-bond acceptors (Lipinski definition) is 6. The molecular weight excluding hydrogens is 406 g/mol. The van der Waals surface area contributed by atoms with Gasteiger partial charge in [-0.3, -0.25) is 19.8 Å². The molecule has 9 heteroatoms. The summed E-state index contributed by atoms with van der Waals surface area (Å²) in [6.07, 6.45) is 2.64. The summed E-state index contributed by atoms with van der Waals surface area (Å²) in [5.41, 5.74) is 0.787. The molecule has 3 fully saturated rings. The standard InChI is InChI=1S/C22H28F2N4O3/c23-16-11-15(25-18-2-4-21(30)26-22(18)31)1-3-19(16)28-10-7-20(17(24)12-28)27-8-5-14(13-29)6-9-27/h1,3,11,13-14,17-18,20,25H,2,4-10,12H2,(H,26,30,31). The molecule has 0 radical (unpaired) electrons. The van der Waals surface area contributed by atoms with Gasteiger partial charge in [-0.05, 0) is 57.0 Å². The summed E-state index contributed by atoms with van der Waals surface area (Å²) in [7, 11) is 0.